The van der Waals surface area contributed by atoms with Crippen molar-refractivity contribution >= 4 is 5.97 Å². The summed E-state index contributed by atoms with van der Waals surface area (Å²) in [4.78, 5) is 10.2. The predicted molar refractivity (Wildman–Crippen MR) is 85.9 cm³/mol. The van der Waals surface area contributed by atoms with E-state index in [1.165, 1.54) is 64.2 Å². The van der Waals surface area contributed by atoms with E-state index in [-0.39, 0.29) is 42.1 Å². The molecule has 0 aliphatic rings. The van der Waals surface area contributed by atoms with Crippen molar-refractivity contribution in [3.63, 3.8) is 0 Å². The Morgan fingerprint density at radius 1 is 0.818 bits per heavy atom. The van der Waals surface area contributed by atoms with Gasteiger partial charge in [0.05, 0.1) is 6.10 Å². The first kappa shape index (κ1) is 24.7. The summed E-state index contributed by atoms with van der Waals surface area (Å²) in [6, 6.07) is 0. The van der Waals surface area contributed by atoms with Crippen LogP contribution in [0.25, 0.3) is 0 Å². The van der Waals surface area contributed by atoms with Crippen LogP contribution in [0.4, 0.5) is 0 Å². The van der Waals surface area contributed by atoms with Crippen molar-refractivity contribution in [1.82, 2.24) is 0 Å². The number of rotatable bonds is 16. The van der Waals surface area contributed by atoms with Crippen LogP contribution < -0.4 is 34.7 Å². The second-order valence-corrected chi connectivity index (χ2v) is 6.24. The molecule has 0 bridgehead atoms. The number of carbonyl (C=O) groups excluding carboxylic acids is 1. The van der Waals surface area contributed by atoms with E-state index < -0.39 is 5.97 Å². The van der Waals surface area contributed by atoms with Gasteiger partial charge in [-0.3, -0.25) is 0 Å². The molecule has 1 N–H and O–H groups in total. The van der Waals surface area contributed by atoms with Gasteiger partial charge in [-0.1, -0.05) is 77.6 Å². The maximum absolute atomic E-state index is 10.2. The number of aliphatic hydroxyl groups is 1. The Bertz CT molecular complexity index is 234. The molecule has 0 spiro atoms. The quantitative estimate of drug-likeness (QED) is 0.340. The Balaban J connectivity index is 0. The van der Waals surface area contributed by atoms with Crippen LogP contribution in [-0.4, -0.2) is 17.2 Å². The molecule has 3 nitrogen and oxygen atoms in total. The molecule has 0 aromatic carbocycles. The average Bonchev–Trinajstić information content (AvgIpc) is 2.44. The Kier molecular flexibility index (Phi) is 21.8. The van der Waals surface area contributed by atoms with E-state index in [1.807, 2.05) is 0 Å². The zero-order chi connectivity index (χ0) is 15.8. The maximum atomic E-state index is 10.2. The second-order valence-electron chi connectivity index (χ2n) is 6.24. The third-order valence-electron chi connectivity index (χ3n) is 4.06. The molecule has 126 valence electrons. The average molecular weight is 322 g/mol. The molecule has 0 amide bonds. The molecule has 22 heavy (non-hydrogen) atoms. The van der Waals surface area contributed by atoms with Crippen LogP contribution in [0.1, 0.15) is 103 Å². The number of hydrogen-bond donors (Lipinski definition) is 1. The van der Waals surface area contributed by atoms with Crippen molar-refractivity contribution in [2.24, 2.45) is 0 Å². The maximum Gasteiger partial charge on any atom is 1.00 e. The molecule has 1 unspecified atom stereocenters. The zero-order valence-electron chi connectivity index (χ0n) is 14.9. The van der Waals surface area contributed by atoms with Crippen LogP contribution in [0.15, 0.2) is 0 Å². The van der Waals surface area contributed by atoms with Crippen molar-refractivity contribution in [3.05, 3.63) is 0 Å². The van der Waals surface area contributed by atoms with E-state index >= 15 is 0 Å². The third kappa shape index (κ3) is 20.4. The largest absolute Gasteiger partial charge is 1.00 e. The third-order valence-corrected chi connectivity index (χ3v) is 4.06. The summed E-state index contributed by atoms with van der Waals surface area (Å²) in [7, 11) is 0. The SMILES string of the molecule is CCCCCCCCCCCCCC(O)CCCC(=O)[O-].[Na+]. The molecule has 0 radical (unpaired) electrons. The molecule has 0 aliphatic heterocycles. The first-order valence-corrected chi connectivity index (χ1v) is 9.04. The van der Waals surface area contributed by atoms with Gasteiger partial charge in [0.1, 0.15) is 0 Å². The number of carboxylic acids is 1. The van der Waals surface area contributed by atoms with E-state index in [2.05, 4.69) is 6.92 Å². The van der Waals surface area contributed by atoms with Gasteiger partial charge in [0.25, 0.3) is 0 Å². The minimum absolute atomic E-state index is 0. The summed E-state index contributed by atoms with van der Waals surface area (Å²) in [6.45, 7) is 2.25. The molecule has 0 aromatic rings. The molecule has 4 heteroatoms. The number of aliphatic hydroxyl groups excluding tert-OH is 1. The van der Waals surface area contributed by atoms with Crippen molar-refractivity contribution in [1.29, 1.82) is 0 Å². The fourth-order valence-electron chi connectivity index (χ4n) is 2.67. The van der Waals surface area contributed by atoms with Crippen molar-refractivity contribution in [3.8, 4) is 0 Å². The molecule has 0 rings (SSSR count). The first-order valence-electron chi connectivity index (χ1n) is 9.04. The first-order chi connectivity index (χ1) is 10.2. The fraction of sp³-hybridized carbons (Fsp3) is 0.944. The summed E-state index contributed by atoms with van der Waals surface area (Å²) in [5.74, 6) is -1.02. The standard InChI is InChI=1S/C18H36O3.Na/c1-2-3-4-5-6-7-8-9-10-11-12-14-17(19)15-13-16-18(20)21;/h17,19H,2-16H2,1H3,(H,20,21);/q;+1/p-1. The van der Waals surface area contributed by atoms with Gasteiger partial charge in [0.15, 0.2) is 0 Å². The van der Waals surface area contributed by atoms with Gasteiger partial charge in [-0.05, 0) is 25.7 Å². The number of carboxylic acid groups (broad SMARTS) is 1. The number of aliphatic carboxylic acids is 1. The van der Waals surface area contributed by atoms with Gasteiger partial charge in [0.2, 0.25) is 0 Å². The van der Waals surface area contributed by atoms with Crippen LogP contribution in [0.5, 0.6) is 0 Å². The van der Waals surface area contributed by atoms with Crippen molar-refractivity contribution in [2.75, 3.05) is 0 Å². The van der Waals surface area contributed by atoms with Gasteiger partial charge >= 0.3 is 29.6 Å². The summed E-state index contributed by atoms with van der Waals surface area (Å²) in [5.41, 5.74) is 0. The summed E-state index contributed by atoms with van der Waals surface area (Å²) >= 11 is 0. The van der Waals surface area contributed by atoms with E-state index in [1.54, 1.807) is 0 Å². The Labute approximate surface area is 159 Å². The normalized spacial score (nSPS) is 11.9. The molecule has 0 heterocycles. The van der Waals surface area contributed by atoms with Gasteiger partial charge in [-0.15, -0.1) is 0 Å². The van der Waals surface area contributed by atoms with Crippen LogP contribution in [0.2, 0.25) is 0 Å². The molecule has 0 fully saturated rings. The monoisotopic (exact) mass is 322 g/mol. The minimum Gasteiger partial charge on any atom is -0.550 e. The number of hydrogen-bond acceptors (Lipinski definition) is 3. The zero-order valence-corrected chi connectivity index (χ0v) is 16.9. The molecule has 0 saturated heterocycles. The van der Waals surface area contributed by atoms with Crippen LogP contribution >= 0.6 is 0 Å². The van der Waals surface area contributed by atoms with E-state index in [0.29, 0.717) is 12.8 Å². The molecule has 0 aliphatic carbocycles. The number of carbonyl (C=O) groups is 1. The van der Waals surface area contributed by atoms with Gasteiger partial charge in [0, 0.05) is 5.97 Å². The second kappa shape index (κ2) is 19.5. The topological polar surface area (TPSA) is 60.4 Å². The van der Waals surface area contributed by atoms with Crippen molar-refractivity contribution in [2.45, 2.75) is 109 Å². The number of unbranched alkanes of at least 4 members (excludes halogenated alkanes) is 10. The molecular weight excluding hydrogens is 287 g/mol. The van der Waals surface area contributed by atoms with E-state index in [0.717, 1.165) is 12.8 Å². The summed E-state index contributed by atoms with van der Waals surface area (Å²) in [6.07, 6.45) is 16.1. The minimum atomic E-state index is -1.02. The van der Waals surface area contributed by atoms with Crippen LogP contribution in [0, 0.1) is 0 Å². The van der Waals surface area contributed by atoms with Gasteiger partial charge in [-0.2, -0.15) is 0 Å². The Morgan fingerprint density at radius 3 is 1.68 bits per heavy atom. The van der Waals surface area contributed by atoms with Gasteiger partial charge < -0.3 is 15.0 Å². The fourth-order valence-corrected chi connectivity index (χ4v) is 2.67. The van der Waals surface area contributed by atoms with Crippen molar-refractivity contribution < 1.29 is 44.6 Å². The van der Waals surface area contributed by atoms with Crippen LogP contribution in [-0.2, 0) is 4.79 Å². The molecule has 0 saturated carbocycles. The molecule has 1 atom stereocenters. The molecular formula is C18H35NaO3. The molecule has 0 aromatic heterocycles. The smallest absolute Gasteiger partial charge is 0.550 e. The van der Waals surface area contributed by atoms with E-state index in [4.69, 9.17) is 0 Å². The summed E-state index contributed by atoms with van der Waals surface area (Å²) < 4.78 is 0. The van der Waals surface area contributed by atoms with Crippen LogP contribution in [0.3, 0.4) is 0 Å². The van der Waals surface area contributed by atoms with Gasteiger partial charge in [-0.25, -0.2) is 0 Å². The Hall–Kier alpha value is 0.430. The Morgan fingerprint density at radius 2 is 1.23 bits per heavy atom. The summed E-state index contributed by atoms with van der Waals surface area (Å²) in [5, 5.41) is 19.9. The predicted octanol–water partition coefficient (Wildman–Crippen LogP) is 0.973. The van der Waals surface area contributed by atoms with E-state index in [9.17, 15) is 15.0 Å².